The van der Waals surface area contributed by atoms with E-state index in [9.17, 15) is 4.39 Å². The van der Waals surface area contributed by atoms with E-state index in [0.29, 0.717) is 6.42 Å². The molecule has 0 aliphatic rings. The van der Waals surface area contributed by atoms with Crippen LogP contribution in [0.2, 0.25) is 0 Å². The molecule has 1 unspecified atom stereocenters. The molecule has 1 atom stereocenters. The van der Waals surface area contributed by atoms with Gasteiger partial charge in [0.25, 0.3) is 0 Å². The van der Waals surface area contributed by atoms with Crippen LogP contribution in [-0.4, -0.2) is 0 Å². The first-order chi connectivity index (χ1) is 9.40. The highest BCUT2D eigenvalue weighted by Crippen LogP contribution is 2.33. The highest BCUT2D eigenvalue weighted by molar-refractivity contribution is 6.21. The standard InChI is InChI=1S/C18H20ClF/c1-11-9-12(2)14(4)18(13(11)3)17(19)10-15-5-7-16(20)8-6-15/h5-9,17H,10H2,1-4H3. The highest BCUT2D eigenvalue weighted by Gasteiger charge is 2.17. The van der Waals surface area contributed by atoms with Crippen LogP contribution in [0.5, 0.6) is 0 Å². The van der Waals surface area contributed by atoms with E-state index < -0.39 is 0 Å². The molecule has 0 heterocycles. The molecule has 0 amide bonds. The van der Waals surface area contributed by atoms with Crippen LogP contribution in [0.1, 0.15) is 38.8 Å². The SMILES string of the molecule is Cc1cc(C)c(C)c(C(Cl)Cc2ccc(F)cc2)c1C. The van der Waals surface area contributed by atoms with E-state index in [1.165, 1.54) is 39.9 Å². The first-order valence-corrected chi connectivity index (χ1v) is 7.29. The van der Waals surface area contributed by atoms with Crippen LogP contribution in [0.3, 0.4) is 0 Å². The lowest BCUT2D eigenvalue weighted by Crippen LogP contribution is -2.04. The van der Waals surface area contributed by atoms with E-state index in [4.69, 9.17) is 11.6 Å². The lowest BCUT2D eigenvalue weighted by molar-refractivity contribution is 0.627. The third-order valence-corrected chi connectivity index (χ3v) is 4.44. The first-order valence-electron chi connectivity index (χ1n) is 6.86. The third kappa shape index (κ3) is 3.04. The van der Waals surface area contributed by atoms with Gasteiger partial charge in [-0.1, -0.05) is 18.2 Å². The van der Waals surface area contributed by atoms with Crippen LogP contribution >= 0.6 is 11.6 Å². The van der Waals surface area contributed by atoms with E-state index in [2.05, 4.69) is 33.8 Å². The molecule has 0 spiro atoms. The molecule has 0 bridgehead atoms. The molecule has 2 aromatic carbocycles. The van der Waals surface area contributed by atoms with Crippen molar-refractivity contribution in [3.63, 3.8) is 0 Å². The van der Waals surface area contributed by atoms with Gasteiger partial charge < -0.3 is 0 Å². The topological polar surface area (TPSA) is 0 Å². The highest BCUT2D eigenvalue weighted by atomic mass is 35.5. The molecule has 20 heavy (non-hydrogen) atoms. The maximum absolute atomic E-state index is 12.9. The third-order valence-electron chi connectivity index (χ3n) is 4.07. The molecule has 0 nitrogen and oxygen atoms in total. The fourth-order valence-electron chi connectivity index (χ4n) is 2.65. The molecule has 106 valence electrons. The van der Waals surface area contributed by atoms with Crippen LogP contribution in [0.4, 0.5) is 4.39 Å². The smallest absolute Gasteiger partial charge is 0.123 e. The predicted molar refractivity (Wildman–Crippen MR) is 84.1 cm³/mol. The van der Waals surface area contributed by atoms with E-state index in [0.717, 1.165) is 5.56 Å². The summed E-state index contributed by atoms with van der Waals surface area (Å²) in [5, 5.41) is -0.0842. The molecule has 0 aliphatic carbocycles. The second-order valence-corrected chi connectivity index (χ2v) is 6.00. The van der Waals surface area contributed by atoms with Crippen molar-refractivity contribution >= 4 is 11.6 Å². The lowest BCUT2D eigenvalue weighted by atomic mass is 9.90. The van der Waals surface area contributed by atoms with Crippen molar-refractivity contribution in [2.75, 3.05) is 0 Å². The van der Waals surface area contributed by atoms with Crippen LogP contribution < -0.4 is 0 Å². The zero-order valence-electron chi connectivity index (χ0n) is 12.4. The molecular formula is C18H20ClF. The number of aryl methyl sites for hydroxylation is 2. The Morgan fingerprint density at radius 3 is 1.95 bits per heavy atom. The Morgan fingerprint density at radius 1 is 0.950 bits per heavy atom. The summed E-state index contributed by atoms with van der Waals surface area (Å²) >= 11 is 6.64. The van der Waals surface area contributed by atoms with E-state index in [1.807, 2.05) is 0 Å². The van der Waals surface area contributed by atoms with Gasteiger partial charge in [0, 0.05) is 0 Å². The van der Waals surface area contributed by atoms with E-state index >= 15 is 0 Å². The van der Waals surface area contributed by atoms with E-state index in [-0.39, 0.29) is 11.2 Å². The summed E-state index contributed by atoms with van der Waals surface area (Å²) in [4.78, 5) is 0. The molecule has 0 radical (unpaired) electrons. The molecule has 0 aromatic heterocycles. The van der Waals surface area contributed by atoms with Crippen molar-refractivity contribution in [2.24, 2.45) is 0 Å². The van der Waals surface area contributed by atoms with Gasteiger partial charge in [-0.3, -0.25) is 0 Å². The van der Waals surface area contributed by atoms with Gasteiger partial charge in [0.1, 0.15) is 5.82 Å². The Labute approximate surface area is 125 Å². The molecule has 0 fully saturated rings. The van der Waals surface area contributed by atoms with Crippen molar-refractivity contribution in [2.45, 2.75) is 39.5 Å². The number of benzene rings is 2. The van der Waals surface area contributed by atoms with E-state index in [1.54, 1.807) is 12.1 Å². The largest absolute Gasteiger partial charge is 0.207 e. The van der Waals surface area contributed by atoms with Crippen LogP contribution in [-0.2, 0) is 6.42 Å². The molecule has 0 aliphatic heterocycles. The maximum atomic E-state index is 12.9. The first kappa shape index (κ1) is 15.1. The fraction of sp³-hybridized carbons (Fsp3) is 0.333. The Balaban J connectivity index is 2.34. The van der Waals surface area contributed by atoms with Gasteiger partial charge in [0.2, 0.25) is 0 Å². The van der Waals surface area contributed by atoms with Crippen molar-refractivity contribution in [1.29, 1.82) is 0 Å². The molecule has 2 heteroatoms. The Hall–Kier alpha value is -1.34. The number of hydrogen-bond acceptors (Lipinski definition) is 0. The summed E-state index contributed by atoms with van der Waals surface area (Å²) < 4.78 is 12.9. The van der Waals surface area contributed by atoms with Gasteiger partial charge in [-0.15, -0.1) is 11.6 Å². The summed E-state index contributed by atoms with van der Waals surface area (Å²) in [6.07, 6.45) is 0.715. The van der Waals surface area contributed by atoms with Crippen molar-refractivity contribution in [3.05, 3.63) is 69.5 Å². The minimum absolute atomic E-state index is 0.0842. The molecular weight excluding hydrogens is 271 g/mol. The molecule has 2 aromatic rings. The van der Waals surface area contributed by atoms with Crippen molar-refractivity contribution < 1.29 is 4.39 Å². The summed E-state index contributed by atoms with van der Waals surface area (Å²) in [6, 6.07) is 8.78. The maximum Gasteiger partial charge on any atom is 0.123 e. The number of alkyl halides is 1. The molecule has 0 saturated heterocycles. The number of rotatable bonds is 3. The van der Waals surface area contributed by atoms with Gasteiger partial charge in [-0.05, 0) is 79.6 Å². The average molecular weight is 291 g/mol. The van der Waals surface area contributed by atoms with Gasteiger partial charge >= 0.3 is 0 Å². The monoisotopic (exact) mass is 290 g/mol. The summed E-state index contributed by atoms with van der Waals surface area (Å²) in [5.41, 5.74) is 7.34. The van der Waals surface area contributed by atoms with Gasteiger partial charge in [0.05, 0.1) is 5.38 Å². The predicted octanol–water partition coefficient (Wildman–Crippen LogP) is 5.58. The van der Waals surface area contributed by atoms with Crippen molar-refractivity contribution in [3.8, 4) is 0 Å². The zero-order valence-corrected chi connectivity index (χ0v) is 13.2. The molecule has 0 N–H and O–H groups in total. The van der Waals surface area contributed by atoms with Gasteiger partial charge in [-0.25, -0.2) is 4.39 Å². The Kier molecular flexibility index (Phi) is 4.49. The Bertz CT molecular complexity index is 588. The van der Waals surface area contributed by atoms with Gasteiger partial charge in [0.15, 0.2) is 0 Å². The van der Waals surface area contributed by atoms with Crippen LogP contribution in [0.25, 0.3) is 0 Å². The molecule has 2 rings (SSSR count). The lowest BCUT2D eigenvalue weighted by Gasteiger charge is -2.20. The van der Waals surface area contributed by atoms with Gasteiger partial charge in [-0.2, -0.15) is 0 Å². The second kappa shape index (κ2) is 5.97. The zero-order chi connectivity index (χ0) is 14.9. The summed E-state index contributed by atoms with van der Waals surface area (Å²) in [5.74, 6) is -0.210. The molecule has 0 saturated carbocycles. The number of halogens is 2. The Morgan fingerprint density at radius 2 is 1.45 bits per heavy atom. The minimum atomic E-state index is -0.210. The normalized spacial score (nSPS) is 12.5. The fourth-order valence-corrected chi connectivity index (χ4v) is 3.15. The average Bonchev–Trinajstić information content (AvgIpc) is 2.39. The quantitative estimate of drug-likeness (QED) is 0.647. The van der Waals surface area contributed by atoms with Crippen LogP contribution in [0, 0.1) is 33.5 Å². The second-order valence-electron chi connectivity index (χ2n) is 5.47. The van der Waals surface area contributed by atoms with Crippen LogP contribution in [0.15, 0.2) is 30.3 Å². The number of hydrogen-bond donors (Lipinski definition) is 0. The summed E-state index contributed by atoms with van der Waals surface area (Å²) in [6.45, 7) is 8.48. The summed E-state index contributed by atoms with van der Waals surface area (Å²) in [7, 11) is 0. The minimum Gasteiger partial charge on any atom is -0.207 e. The van der Waals surface area contributed by atoms with Crippen molar-refractivity contribution in [1.82, 2.24) is 0 Å².